The average Bonchev–Trinajstić information content (AvgIpc) is 2.68. The van der Waals surface area contributed by atoms with Crippen LogP contribution < -0.4 is 18.9 Å². The lowest BCUT2D eigenvalue weighted by atomic mass is 10.1. The second-order valence-corrected chi connectivity index (χ2v) is 8.20. The van der Waals surface area contributed by atoms with Crippen molar-refractivity contribution in [2.75, 3.05) is 25.9 Å². The molecule has 2 amide bonds. The number of hydrogen-bond donors (Lipinski definition) is 2. The van der Waals surface area contributed by atoms with Gasteiger partial charge in [-0.15, -0.1) is 0 Å². The number of nitrogens with one attached hydrogen (secondary N) is 2. The summed E-state index contributed by atoms with van der Waals surface area (Å²) in [4.78, 5) is 31.0. The topological polar surface area (TPSA) is 130 Å². The Balaban J connectivity index is 1.72. The number of ether oxygens (including phenoxy) is 2. The molecule has 1 aromatic carbocycles. The van der Waals surface area contributed by atoms with Crippen LogP contribution in [0.2, 0.25) is 0 Å². The van der Waals surface area contributed by atoms with E-state index < -0.39 is 22.4 Å². The zero-order valence-electron chi connectivity index (χ0n) is 16.6. The Kier molecular flexibility index (Phi) is 6.08. The third-order valence-corrected chi connectivity index (χ3v) is 5.11. The third kappa shape index (κ3) is 5.15. The highest BCUT2D eigenvalue weighted by atomic mass is 32.2. The Bertz CT molecular complexity index is 1070. The van der Waals surface area contributed by atoms with Crippen LogP contribution in [0.3, 0.4) is 0 Å². The molecule has 0 bridgehead atoms. The van der Waals surface area contributed by atoms with Crippen molar-refractivity contribution in [3.63, 3.8) is 0 Å². The lowest BCUT2D eigenvalue weighted by Gasteiger charge is -2.28. The SMILES string of the molecule is CNS(=O)(=O)Nc1cccc(CN2Cc3ccc(OC(=O)N(C)C)cc3OC2=O)n1. The number of carbonyl (C=O) groups excluding carboxylic acids is 2. The normalized spacial score (nSPS) is 13.3. The number of rotatable bonds is 6. The molecule has 0 aliphatic carbocycles. The average molecular weight is 435 g/mol. The lowest BCUT2D eigenvalue weighted by Crippen LogP contribution is -2.36. The van der Waals surface area contributed by atoms with Gasteiger partial charge in [-0.25, -0.2) is 19.3 Å². The van der Waals surface area contributed by atoms with Gasteiger partial charge in [0.1, 0.15) is 17.3 Å². The molecule has 0 saturated heterocycles. The fourth-order valence-electron chi connectivity index (χ4n) is 2.57. The zero-order valence-corrected chi connectivity index (χ0v) is 17.4. The zero-order chi connectivity index (χ0) is 21.9. The van der Waals surface area contributed by atoms with Gasteiger partial charge in [-0.1, -0.05) is 6.07 Å². The highest BCUT2D eigenvalue weighted by Gasteiger charge is 2.26. The number of amides is 2. The van der Waals surface area contributed by atoms with Gasteiger partial charge in [-0.05, 0) is 24.3 Å². The smallest absolute Gasteiger partial charge is 0.410 e. The van der Waals surface area contributed by atoms with E-state index in [2.05, 4.69) is 14.4 Å². The van der Waals surface area contributed by atoms with E-state index in [1.165, 1.54) is 29.0 Å². The van der Waals surface area contributed by atoms with Crippen LogP contribution in [0.1, 0.15) is 11.3 Å². The first-order valence-corrected chi connectivity index (χ1v) is 10.3. The number of anilines is 1. The van der Waals surface area contributed by atoms with Crippen molar-refractivity contribution in [1.82, 2.24) is 19.5 Å². The molecule has 2 aromatic rings. The molecule has 160 valence electrons. The molecular weight excluding hydrogens is 414 g/mol. The molecule has 0 fully saturated rings. The molecule has 0 unspecified atom stereocenters. The first kappa shape index (κ1) is 21.3. The minimum Gasteiger partial charge on any atom is -0.410 e. The highest BCUT2D eigenvalue weighted by Crippen LogP contribution is 2.31. The number of carbonyl (C=O) groups is 2. The van der Waals surface area contributed by atoms with Crippen LogP contribution in [0.5, 0.6) is 11.5 Å². The summed E-state index contributed by atoms with van der Waals surface area (Å²) in [6, 6.07) is 9.60. The quantitative estimate of drug-likeness (QED) is 0.704. The first-order valence-electron chi connectivity index (χ1n) is 8.83. The Morgan fingerprint density at radius 2 is 2.07 bits per heavy atom. The van der Waals surface area contributed by atoms with Crippen LogP contribution in [0.15, 0.2) is 36.4 Å². The van der Waals surface area contributed by atoms with Crippen molar-refractivity contribution in [2.24, 2.45) is 0 Å². The van der Waals surface area contributed by atoms with Gasteiger partial charge in [0.2, 0.25) is 0 Å². The van der Waals surface area contributed by atoms with Crippen molar-refractivity contribution >= 4 is 28.2 Å². The van der Waals surface area contributed by atoms with E-state index in [4.69, 9.17) is 9.47 Å². The maximum absolute atomic E-state index is 12.4. The van der Waals surface area contributed by atoms with E-state index in [-0.39, 0.29) is 24.7 Å². The molecule has 30 heavy (non-hydrogen) atoms. The van der Waals surface area contributed by atoms with E-state index in [0.717, 1.165) is 5.56 Å². The van der Waals surface area contributed by atoms with E-state index in [9.17, 15) is 18.0 Å². The first-order chi connectivity index (χ1) is 14.2. The largest absolute Gasteiger partial charge is 0.415 e. The fraction of sp³-hybridized carbons (Fsp3) is 0.278. The molecule has 0 radical (unpaired) electrons. The number of hydrogen-bond acceptors (Lipinski definition) is 7. The molecule has 0 atom stereocenters. The number of benzene rings is 1. The van der Waals surface area contributed by atoms with E-state index in [1.54, 1.807) is 38.4 Å². The Hall–Kier alpha value is -3.38. The predicted octanol–water partition coefficient (Wildman–Crippen LogP) is 1.53. The second-order valence-electron chi connectivity index (χ2n) is 6.58. The lowest BCUT2D eigenvalue weighted by molar-refractivity contribution is 0.134. The van der Waals surface area contributed by atoms with E-state index in [1.807, 2.05) is 0 Å². The van der Waals surface area contributed by atoms with Crippen LogP contribution in [-0.2, 0) is 23.3 Å². The van der Waals surface area contributed by atoms with Gasteiger partial charge in [0.25, 0.3) is 10.2 Å². The van der Waals surface area contributed by atoms with Crippen molar-refractivity contribution in [1.29, 1.82) is 0 Å². The molecule has 0 saturated carbocycles. The van der Waals surface area contributed by atoms with Gasteiger partial charge in [0.15, 0.2) is 0 Å². The molecule has 2 N–H and O–H groups in total. The summed E-state index contributed by atoms with van der Waals surface area (Å²) in [6.45, 7) is 0.370. The van der Waals surface area contributed by atoms with Crippen molar-refractivity contribution < 1.29 is 27.5 Å². The summed E-state index contributed by atoms with van der Waals surface area (Å²) < 4.78 is 38.2. The summed E-state index contributed by atoms with van der Waals surface area (Å²) in [6.07, 6.45) is -1.14. The standard InChI is InChI=1S/C18H21N5O6S/c1-19-30(26,27)21-16-6-4-5-13(20-16)11-23-10-12-7-8-14(28-17(24)22(2)3)9-15(12)29-18(23)25/h4-9,19H,10-11H2,1-3H3,(H,20,21). The van der Waals surface area contributed by atoms with Gasteiger partial charge >= 0.3 is 12.2 Å². The summed E-state index contributed by atoms with van der Waals surface area (Å²) in [5, 5.41) is 0. The molecule has 11 nitrogen and oxygen atoms in total. The summed E-state index contributed by atoms with van der Waals surface area (Å²) >= 11 is 0. The maximum atomic E-state index is 12.4. The van der Waals surface area contributed by atoms with Gasteiger partial charge in [0.05, 0.1) is 18.8 Å². The van der Waals surface area contributed by atoms with Crippen LogP contribution >= 0.6 is 0 Å². The fourth-order valence-corrected chi connectivity index (χ4v) is 3.07. The molecule has 0 spiro atoms. The third-order valence-electron chi connectivity index (χ3n) is 4.09. The monoisotopic (exact) mass is 435 g/mol. The summed E-state index contributed by atoms with van der Waals surface area (Å²) in [5.41, 5.74) is 1.20. The van der Waals surface area contributed by atoms with Crippen molar-refractivity contribution in [3.8, 4) is 11.5 Å². The predicted molar refractivity (Wildman–Crippen MR) is 107 cm³/mol. The van der Waals surface area contributed by atoms with Gasteiger partial charge in [-0.3, -0.25) is 9.62 Å². The van der Waals surface area contributed by atoms with Crippen molar-refractivity contribution in [2.45, 2.75) is 13.1 Å². The highest BCUT2D eigenvalue weighted by molar-refractivity contribution is 7.90. The van der Waals surface area contributed by atoms with E-state index in [0.29, 0.717) is 11.4 Å². The molecule has 1 aromatic heterocycles. The minimum atomic E-state index is -3.70. The molecule has 12 heteroatoms. The molecular formula is C18H21N5O6S. The Morgan fingerprint density at radius 1 is 1.30 bits per heavy atom. The minimum absolute atomic E-state index is 0.116. The van der Waals surface area contributed by atoms with E-state index >= 15 is 0 Å². The Morgan fingerprint density at radius 3 is 2.77 bits per heavy atom. The Labute approximate surface area is 173 Å². The van der Waals surface area contributed by atoms with Gasteiger partial charge in [-0.2, -0.15) is 8.42 Å². The number of aromatic nitrogens is 1. The number of nitrogens with zero attached hydrogens (tertiary/aromatic N) is 3. The number of fused-ring (bicyclic) bond motifs is 1. The molecule has 1 aliphatic rings. The summed E-state index contributed by atoms with van der Waals surface area (Å²) in [5.74, 6) is 0.698. The van der Waals surface area contributed by atoms with Gasteiger partial charge in [0, 0.05) is 32.8 Å². The summed E-state index contributed by atoms with van der Waals surface area (Å²) in [7, 11) is 0.702. The molecule has 3 rings (SSSR count). The van der Waals surface area contributed by atoms with Crippen LogP contribution in [0, 0.1) is 0 Å². The van der Waals surface area contributed by atoms with Crippen LogP contribution in [-0.4, -0.2) is 56.5 Å². The second kappa shape index (κ2) is 8.55. The number of pyridine rings is 1. The molecule has 1 aliphatic heterocycles. The maximum Gasteiger partial charge on any atom is 0.415 e. The van der Waals surface area contributed by atoms with Crippen LogP contribution in [0.4, 0.5) is 15.4 Å². The van der Waals surface area contributed by atoms with Crippen LogP contribution in [0.25, 0.3) is 0 Å². The van der Waals surface area contributed by atoms with Crippen molar-refractivity contribution in [3.05, 3.63) is 47.7 Å². The van der Waals surface area contributed by atoms with Gasteiger partial charge < -0.3 is 14.4 Å². The molecule has 2 heterocycles.